The van der Waals surface area contributed by atoms with E-state index in [0.717, 1.165) is 0 Å². The lowest BCUT2D eigenvalue weighted by Crippen LogP contribution is -2.56. The molecule has 3 aliphatic rings. The Morgan fingerprint density at radius 1 is 1.19 bits per heavy atom. The number of nitrogens with two attached hydrogens (primary N) is 1. The van der Waals surface area contributed by atoms with E-state index >= 15 is 0 Å². The van der Waals surface area contributed by atoms with E-state index in [1.165, 1.54) is 13.0 Å². The summed E-state index contributed by atoms with van der Waals surface area (Å²) >= 11 is 0. The summed E-state index contributed by atoms with van der Waals surface area (Å²) in [5.74, 6) is -4.09. The average Bonchev–Trinajstić information content (AvgIpc) is 2.70. The van der Waals surface area contributed by atoms with Crippen LogP contribution in [0.25, 0.3) is 0 Å². The van der Waals surface area contributed by atoms with Crippen molar-refractivity contribution in [1.29, 1.82) is 11.1 Å². The molecule has 10 nitrogen and oxygen atoms in total. The molecule has 160 valence electrons. The molecule has 1 aromatic carbocycles. The highest BCUT2D eigenvalue weighted by Gasteiger charge is 2.57. The number of hydrogen-bond donors (Lipinski definition) is 5. The Hall–Kier alpha value is -3.53. The van der Waals surface area contributed by atoms with Gasteiger partial charge < -0.3 is 15.9 Å². The van der Waals surface area contributed by atoms with Crippen molar-refractivity contribution >= 4 is 28.8 Å². The van der Waals surface area contributed by atoms with Crippen LogP contribution in [0.1, 0.15) is 41.3 Å². The molecule has 3 aliphatic carbocycles. The van der Waals surface area contributed by atoms with Crippen LogP contribution >= 0.6 is 0 Å². The fraction of sp³-hybridized carbons (Fsp3) is 0.381. The van der Waals surface area contributed by atoms with E-state index in [2.05, 4.69) is 10.2 Å². The van der Waals surface area contributed by atoms with Crippen molar-refractivity contribution in [2.75, 3.05) is 0 Å². The Kier molecular flexibility index (Phi) is 4.51. The van der Waals surface area contributed by atoms with Gasteiger partial charge in [-0.1, -0.05) is 0 Å². The number of rotatable bonds is 3. The number of primary amides is 1. The number of carbonyl (C=O) groups is 3. The zero-order valence-corrected chi connectivity index (χ0v) is 16.9. The van der Waals surface area contributed by atoms with Crippen molar-refractivity contribution < 1.29 is 24.6 Å². The van der Waals surface area contributed by atoms with Gasteiger partial charge in [-0.25, -0.2) is 11.1 Å². The van der Waals surface area contributed by atoms with Crippen LogP contribution in [0, 0.1) is 29.8 Å². The van der Waals surface area contributed by atoms with Gasteiger partial charge in [0, 0.05) is 23.5 Å². The maximum atomic E-state index is 13.6. The summed E-state index contributed by atoms with van der Waals surface area (Å²) in [6, 6.07) is 1.49. The third-order valence-corrected chi connectivity index (χ3v) is 6.90. The molecule has 0 spiro atoms. The quantitative estimate of drug-likeness (QED) is 0.368. The van der Waals surface area contributed by atoms with Crippen LogP contribution in [-0.2, 0) is 16.0 Å². The predicted molar refractivity (Wildman–Crippen MR) is 107 cm³/mol. The third kappa shape index (κ3) is 2.57. The molecule has 3 atom stereocenters. The molecule has 0 saturated heterocycles. The Morgan fingerprint density at radius 2 is 1.84 bits per heavy atom. The Balaban J connectivity index is 1.96. The SMILES string of the molecule is CC1=C2C(=O)c3c(C)c(N=N)cc(N=N)c3CC2CC2CC(O)=C(C(N)=O)C(=O)[C@@]12O. The highest BCUT2D eigenvalue weighted by molar-refractivity contribution is 6.24. The summed E-state index contributed by atoms with van der Waals surface area (Å²) in [6.45, 7) is 3.13. The van der Waals surface area contributed by atoms with Crippen LogP contribution in [0.2, 0.25) is 0 Å². The maximum Gasteiger partial charge on any atom is 0.255 e. The van der Waals surface area contributed by atoms with Crippen LogP contribution < -0.4 is 5.73 Å². The van der Waals surface area contributed by atoms with E-state index in [9.17, 15) is 24.6 Å². The van der Waals surface area contributed by atoms with Crippen molar-refractivity contribution in [3.63, 3.8) is 0 Å². The van der Waals surface area contributed by atoms with Gasteiger partial charge in [0.25, 0.3) is 5.91 Å². The van der Waals surface area contributed by atoms with Crippen LogP contribution in [0.4, 0.5) is 11.4 Å². The van der Waals surface area contributed by atoms with Gasteiger partial charge in [-0.2, -0.15) is 10.2 Å². The van der Waals surface area contributed by atoms with Gasteiger partial charge in [0.05, 0.1) is 11.4 Å². The van der Waals surface area contributed by atoms with Crippen molar-refractivity contribution in [3.05, 3.63) is 45.2 Å². The number of Topliss-reactive ketones (excluding diaryl/α,β-unsaturated/α-hetero) is 2. The molecule has 0 aromatic heterocycles. The minimum Gasteiger partial charge on any atom is -0.511 e. The molecule has 6 N–H and O–H groups in total. The molecule has 0 aliphatic heterocycles. The Morgan fingerprint density at radius 3 is 2.42 bits per heavy atom. The molecule has 10 heteroatoms. The second kappa shape index (κ2) is 6.74. The summed E-state index contributed by atoms with van der Waals surface area (Å²) in [4.78, 5) is 38.4. The first-order valence-corrected chi connectivity index (χ1v) is 9.74. The number of benzene rings is 1. The number of hydrogen-bond acceptors (Lipinski definition) is 9. The first kappa shape index (κ1) is 20.7. The second-order valence-electron chi connectivity index (χ2n) is 8.30. The normalized spacial score (nSPS) is 27.5. The molecule has 0 heterocycles. The fourth-order valence-electron chi connectivity index (χ4n) is 5.41. The second-order valence-corrected chi connectivity index (χ2v) is 8.30. The van der Waals surface area contributed by atoms with Gasteiger partial charge in [0.1, 0.15) is 11.3 Å². The van der Waals surface area contributed by atoms with Gasteiger partial charge in [-0.3, -0.25) is 14.4 Å². The third-order valence-electron chi connectivity index (χ3n) is 6.90. The number of ketones is 2. The first-order valence-electron chi connectivity index (χ1n) is 9.74. The summed E-state index contributed by atoms with van der Waals surface area (Å²) < 4.78 is 0. The number of fused-ring (bicyclic) bond motifs is 3. The number of amides is 1. The summed E-state index contributed by atoms with van der Waals surface area (Å²) in [5, 5.41) is 28.6. The van der Waals surface area contributed by atoms with Gasteiger partial charge in [0.2, 0.25) is 5.78 Å². The highest BCUT2D eigenvalue weighted by atomic mass is 16.3. The monoisotopic (exact) mass is 423 g/mol. The summed E-state index contributed by atoms with van der Waals surface area (Å²) in [6.07, 6.45) is 0.448. The number of nitrogens with zero attached hydrogens (tertiary/aromatic N) is 2. The topological polar surface area (TPSA) is 190 Å². The van der Waals surface area contributed by atoms with E-state index in [1.807, 2.05) is 0 Å². The van der Waals surface area contributed by atoms with Gasteiger partial charge in [0.15, 0.2) is 11.4 Å². The summed E-state index contributed by atoms with van der Waals surface area (Å²) in [7, 11) is 0. The number of carbonyl (C=O) groups excluding carboxylic acids is 3. The van der Waals surface area contributed by atoms with E-state index < -0.39 is 40.3 Å². The maximum absolute atomic E-state index is 13.6. The molecule has 1 amide bonds. The molecular formula is C21H21N5O5. The standard InChI is InChI=1S/C21H21N5O5/c1-7-12(25-23)6-13(26-24)11-4-9-3-10-5-14(27)17(20(22)30)19(29)21(10,31)8(2)16(9)18(28)15(7)11/h6,9-10,23-24,27,31H,3-5H2,1-2H3,(H2,22,30)/t9?,10?,21-/m1/s1. The molecule has 0 fully saturated rings. The summed E-state index contributed by atoms with van der Waals surface area (Å²) in [5.41, 5.74) is 19.5. The van der Waals surface area contributed by atoms with E-state index in [0.29, 0.717) is 17.5 Å². The van der Waals surface area contributed by atoms with Crippen LogP contribution in [0.15, 0.2) is 38.8 Å². The zero-order valence-electron chi connectivity index (χ0n) is 16.9. The molecule has 1 aromatic rings. The van der Waals surface area contributed by atoms with Crippen molar-refractivity contribution in [2.45, 2.75) is 38.7 Å². The minimum absolute atomic E-state index is 0.117. The van der Waals surface area contributed by atoms with Crippen molar-refractivity contribution in [2.24, 2.45) is 27.8 Å². The molecule has 31 heavy (non-hydrogen) atoms. The fourth-order valence-corrected chi connectivity index (χ4v) is 5.41. The number of allylic oxidation sites excluding steroid dienone is 2. The predicted octanol–water partition coefficient (Wildman–Crippen LogP) is 3.01. The lowest BCUT2D eigenvalue weighted by Gasteiger charge is -2.47. The smallest absolute Gasteiger partial charge is 0.255 e. The number of aliphatic hydroxyl groups excluding tert-OH is 1. The zero-order chi connectivity index (χ0) is 22.8. The highest BCUT2D eigenvalue weighted by Crippen LogP contribution is 2.52. The largest absolute Gasteiger partial charge is 0.511 e. The number of nitrogens with one attached hydrogen (secondary N) is 2. The van der Waals surface area contributed by atoms with E-state index in [1.54, 1.807) is 6.92 Å². The molecule has 0 saturated carbocycles. The first-order chi connectivity index (χ1) is 14.6. The van der Waals surface area contributed by atoms with Crippen LogP contribution in [0.5, 0.6) is 0 Å². The lowest BCUT2D eigenvalue weighted by molar-refractivity contribution is -0.140. The van der Waals surface area contributed by atoms with Crippen molar-refractivity contribution in [3.8, 4) is 0 Å². The molecular weight excluding hydrogens is 402 g/mol. The average molecular weight is 423 g/mol. The van der Waals surface area contributed by atoms with Gasteiger partial charge in [-0.15, -0.1) is 0 Å². The van der Waals surface area contributed by atoms with Crippen molar-refractivity contribution in [1.82, 2.24) is 0 Å². The Labute approximate surface area is 176 Å². The van der Waals surface area contributed by atoms with Gasteiger partial charge in [-0.05, 0) is 55.4 Å². The molecule has 0 radical (unpaired) electrons. The minimum atomic E-state index is -2.12. The van der Waals surface area contributed by atoms with Gasteiger partial charge >= 0.3 is 0 Å². The molecule has 2 unspecified atom stereocenters. The van der Waals surface area contributed by atoms with Crippen LogP contribution in [-0.4, -0.2) is 33.3 Å². The van der Waals surface area contributed by atoms with E-state index in [4.69, 9.17) is 16.8 Å². The number of aliphatic hydroxyl groups is 2. The van der Waals surface area contributed by atoms with Crippen LogP contribution in [0.3, 0.4) is 0 Å². The van der Waals surface area contributed by atoms with E-state index in [-0.39, 0.29) is 46.8 Å². The molecule has 0 bridgehead atoms. The lowest BCUT2D eigenvalue weighted by atomic mass is 9.58. The molecule has 4 rings (SSSR count). The Bertz CT molecular complexity index is 1180.